The first kappa shape index (κ1) is 18.9. The molecule has 0 saturated carbocycles. The molecule has 7 nitrogen and oxygen atoms in total. The summed E-state index contributed by atoms with van der Waals surface area (Å²) in [5.41, 5.74) is 1.52. The summed E-state index contributed by atoms with van der Waals surface area (Å²) >= 11 is 0. The van der Waals surface area contributed by atoms with E-state index in [1.807, 2.05) is 13.0 Å². The number of nitrogens with zero attached hydrogens (tertiary/aromatic N) is 2. The lowest BCUT2D eigenvalue weighted by Gasteiger charge is -2.34. The van der Waals surface area contributed by atoms with Gasteiger partial charge in [-0.25, -0.2) is 17.9 Å². The maximum absolute atomic E-state index is 12.4. The highest BCUT2D eigenvalue weighted by molar-refractivity contribution is 7.90. The van der Waals surface area contributed by atoms with Crippen LogP contribution >= 0.6 is 0 Å². The lowest BCUT2D eigenvalue weighted by Crippen LogP contribution is -2.53. The van der Waals surface area contributed by atoms with E-state index in [9.17, 15) is 18.0 Å². The van der Waals surface area contributed by atoms with Crippen LogP contribution in [-0.4, -0.2) is 56.3 Å². The first-order chi connectivity index (χ1) is 12.9. The molecule has 1 fully saturated rings. The van der Waals surface area contributed by atoms with Crippen molar-refractivity contribution in [3.63, 3.8) is 0 Å². The van der Waals surface area contributed by atoms with E-state index in [2.05, 4.69) is 4.72 Å². The van der Waals surface area contributed by atoms with Crippen molar-refractivity contribution in [2.24, 2.45) is 0 Å². The van der Waals surface area contributed by atoms with Gasteiger partial charge in [-0.1, -0.05) is 35.9 Å². The highest BCUT2D eigenvalue weighted by Gasteiger charge is 2.27. The van der Waals surface area contributed by atoms with Crippen LogP contribution in [0.2, 0.25) is 0 Å². The standard InChI is InChI=1S/C19H21N3O4S/c1-15-7-9-17(10-8-15)27(25,26)20-19(24)22-13-11-21(12-14-22)18(23)16-5-3-2-4-6-16/h2-10H,11-14H2,1H3,(H,20,24). The molecular formula is C19H21N3O4S. The largest absolute Gasteiger partial charge is 0.335 e. The van der Waals surface area contributed by atoms with Crippen LogP contribution in [0.4, 0.5) is 4.79 Å². The summed E-state index contributed by atoms with van der Waals surface area (Å²) in [7, 11) is -3.92. The Hall–Kier alpha value is -2.87. The molecule has 0 bridgehead atoms. The maximum Gasteiger partial charge on any atom is 0.331 e. The first-order valence-electron chi connectivity index (χ1n) is 8.59. The number of piperazine rings is 1. The summed E-state index contributed by atoms with van der Waals surface area (Å²) in [5.74, 6) is -0.0945. The minimum absolute atomic E-state index is 0.0411. The van der Waals surface area contributed by atoms with Crippen molar-refractivity contribution in [3.05, 3.63) is 65.7 Å². The number of amides is 3. The Kier molecular flexibility index (Phi) is 5.46. The zero-order valence-corrected chi connectivity index (χ0v) is 15.8. The molecule has 2 aromatic rings. The number of rotatable bonds is 3. The molecule has 8 heteroatoms. The normalized spacial score (nSPS) is 14.7. The number of benzene rings is 2. The van der Waals surface area contributed by atoms with E-state index < -0.39 is 16.1 Å². The van der Waals surface area contributed by atoms with Gasteiger partial charge in [0.1, 0.15) is 0 Å². The maximum atomic E-state index is 12.4. The number of aryl methyl sites for hydroxylation is 1. The Morgan fingerprint density at radius 2 is 1.41 bits per heavy atom. The van der Waals surface area contributed by atoms with Crippen LogP contribution in [0.3, 0.4) is 0 Å². The molecule has 2 aromatic carbocycles. The van der Waals surface area contributed by atoms with Crippen LogP contribution in [0.1, 0.15) is 15.9 Å². The summed E-state index contributed by atoms with van der Waals surface area (Å²) in [5, 5.41) is 0. The second-order valence-electron chi connectivity index (χ2n) is 6.37. The average molecular weight is 387 g/mol. The molecule has 1 saturated heterocycles. The average Bonchev–Trinajstić information content (AvgIpc) is 2.68. The van der Waals surface area contributed by atoms with Crippen molar-refractivity contribution in [3.8, 4) is 0 Å². The third-order valence-electron chi connectivity index (χ3n) is 4.43. The van der Waals surface area contributed by atoms with E-state index in [1.54, 1.807) is 41.3 Å². The Morgan fingerprint density at radius 3 is 2.00 bits per heavy atom. The molecule has 1 aliphatic rings. The zero-order valence-electron chi connectivity index (χ0n) is 15.0. The predicted molar refractivity (Wildman–Crippen MR) is 101 cm³/mol. The van der Waals surface area contributed by atoms with Crippen molar-refractivity contribution in [1.29, 1.82) is 0 Å². The lowest BCUT2D eigenvalue weighted by molar-refractivity contribution is 0.0667. The topological polar surface area (TPSA) is 86.8 Å². The molecule has 27 heavy (non-hydrogen) atoms. The van der Waals surface area contributed by atoms with Gasteiger partial charge in [-0.3, -0.25) is 4.79 Å². The smallest absolute Gasteiger partial charge is 0.331 e. The highest BCUT2D eigenvalue weighted by Crippen LogP contribution is 2.12. The van der Waals surface area contributed by atoms with Gasteiger partial charge in [-0.15, -0.1) is 0 Å². The zero-order chi connectivity index (χ0) is 19.4. The third kappa shape index (κ3) is 4.46. The summed E-state index contributed by atoms with van der Waals surface area (Å²) in [6.07, 6.45) is 0. The van der Waals surface area contributed by atoms with Crippen molar-refractivity contribution in [1.82, 2.24) is 14.5 Å². The highest BCUT2D eigenvalue weighted by atomic mass is 32.2. The Morgan fingerprint density at radius 1 is 0.852 bits per heavy atom. The monoisotopic (exact) mass is 387 g/mol. The fraction of sp³-hybridized carbons (Fsp3) is 0.263. The summed E-state index contributed by atoms with van der Waals surface area (Å²) in [4.78, 5) is 27.9. The number of urea groups is 1. The van der Waals surface area contributed by atoms with Gasteiger partial charge < -0.3 is 9.80 Å². The SMILES string of the molecule is Cc1ccc(S(=O)(=O)NC(=O)N2CCN(C(=O)c3ccccc3)CC2)cc1. The lowest BCUT2D eigenvalue weighted by atomic mass is 10.2. The van der Waals surface area contributed by atoms with E-state index >= 15 is 0 Å². The molecule has 3 rings (SSSR count). The van der Waals surface area contributed by atoms with Gasteiger partial charge in [0.25, 0.3) is 15.9 Å². The Labute approximate surface area is 158 Å². The van der Waals surface area contributed by atoms with Gasteiger partial charge in [0.05, 0.1) is 4.90 Å². The minimum atomic E-state index is -3.92. The number of sulfonamides is 1. The van der Waals surface area contributed by atoms with E-state index in [1.165, 1.54) is 17.0 Å². The molecular weight excluding hydrogens is 366 g/mol. The number of nitrogens with one attached hydrogen (secondary N) is 1. The van der Waals surface area contributed by atoms with Gasteiger partial charge in [0, 0.05) is 31.7 Å². The Balaban J connectivity index is 1.58. The number of carbonyl (C=O) groups excluding carboxylic acids is 2. The van der Waals surface area contributed by atoms with Crippen molar-refractivity contribution in [2.45, 2.75) is 11.8 Å². The van der Waals surface area contributed by atoms with Crippen LogP contribution < -0.4 is 4.72 Å². The predicted octanol–water partition coefficient (Wildman–Crippen LogP) is 1.85. The van der Waals surface area contributed by atoms with Crippen molar-refractivity contribution < 1.29 is 18.0 Å². The molecule has 3 amide bonds. The van der Waals surface area contributed by atoms with Crippen LogP contribution in [0, 0.1) is 6.92 Å². The molecule has 1 aliphatic heterocycles. The van der Waals surface area contributed by atoms with Crippen molar-refractivity contribution >= 4 is 22.0 Å². The summed E-state index contributed by atoms with van der Waals surface area (Å²) in [6.45, 7) is 3.10. The van der Waals surface area contributed by atoms with Crippen LogP contribution in [0.5, 0.6) is 0 Å². The third-order valence-corrected chi connectivity index (χ3v) is 5.76. The number of hydrogen-bond acceptors (Lipinski definition) is 4. The molecule has 1 N–H and O–H groups in total. The molecule has 0 atom stereocenters. The minimum Gasteiger partial charge on any atom is -0.335 e. The number of hydrogen-bond donors (Lipinski definition) is 1. The summed E-state index contributed by atoms with van der Waals surface area (Å²) < 4.78 is 26.8. The van der Waals surface area contributed by atoms with Crippen LogP contribution in [0.25, 0.3) is 0 Å². The second kappa shape index (κ2) is 7.79. The van der Waals surface area contributed by atoms with Gasteiger partial charge >= 0.3 is 6.03 Å². The van der Waals surface area contributed by atoms with E-state index in [4.69, 9.17) is 0 Å². The molecule has 0 spiro atoms. The van der Waals surface area contributed by atoms with Gasteiger partial charge in [-0.2, -0.15) is 0 Å². The van der Waals surface area contributed by atoms with Crippen LogP contribution in [0.15, 0.2) is 59.5 Å². The fourth-order valence-corrected chi connectivity index (χ4v) is 3.80. The van der Waals surface area contributed by atoms with Crippen molar-refractivity contribution in [2.75, 3.05) is 26.2 Å². The molecule has 0 unspecified atom stereocenters. The molecule has 0 aliphatic carbocycles. The van der Waals surface area contributed by atoms with Crippen LogP contribution in [-0.2, 0) is 10.0 Å². The second-order valence-corrected chi connectivity index (χ2v) is 8.05. The van der Waals surface area contributed by atoms with Gasteiger partial charge in [0.15, 0.2) is 0 Å². The van der Waals surface area contributed by atoms with Gasteiger partial charge in [-0.05, 0) is 31.2 Å². The van der Waals surface area contributed by atoms with E-state index in [-0.39, 0.29) is 23.9 Å². The molecule has 0 radical (unpaired) electrons. The van der Waals surface area contributed by atoms with E-state index in [0.717, 1.165) is 5.56 Å². The summed E-state index contributed by atoms with van der Waals surface area (Å²) in [6, 6.07) is 14.5. The Bertz CT molecular complexity index is 919. The first-order valence-corrected chi connectivity index (χ1v) is 10.1. The quantitative estimate of drug-likeness (QED) is 0.871. The molecule has 0 aromatic heterocycles. The molecule has 142 valence electrons. The molecule has 1 heterocycles. The van der Waals surface area contributed by atoms with Gasteiger partial charge in [0.2, 0.25) is 0 Å². The number of carbonyl (C=O) groups is 2. The fourth-order valence-electron chi connectivity index (χ4n) is 2.83. The van der Waals surface area contributed by atoms with E-state index in [0.29, 0.717) is 18.7 Å².